The van der Waals surface area contributed by atoms with E-state index in [4.69, 9.17) is 4.74 Å². The van der Waals surface area contributed by atoms with Crippen LogP contribution in [0.1, 0.15) is 50.5 Å². The fourth-order valence-corrected chi connectivity index (χ4v) is 3.18. The van der Waals surface area contributed by atoms with Gasteiger partial charge in [0, 0.05) is 25.5 Å². The van der Waals surface area contributed by atoms with Crippen molar-refractivity contribution in [2.75, 3.05) is 6.61 Å². The normalized spacial score (nSPS) is 21.4. The molecular weight excluding hydrogens is 316 g/mol. The number of carbonyl (C=O) groups excluding carboxylic acids is 2. The molecule has 1 aliphatic carbocycles. The highest BCUT2D eigenvalue weighted by molar-refractivity contribution is 5.88. The second-order valence-electron chi connectivity index (χ2n) is 7.12. The molecule has 0 bridgehead atoms. The van der Waals surface area contributed by atoms with Gasteiger partial charge in [-0.1, -0.05) is 30.3 Å². The Balaban J connectivity index is 1.52. The average molecular weight is 344 g/mol. The quantitative estimate of drug-likeness (QED) is 0.761. The smallest absolute Gasteiger partial charge is 0.243 e. The number of amides is 2. The van der Waals surface area contributed by atoms with E-state index in [9.17, 15) is 9.59 Å². The predicted molar refractivity (Wildman–Crippen MR) is 96.1 cm³/mol. The second kappa shape index (κ2) is 8.99. The van der Waals surface area contributed by atoms with Crippen LogP contribution >= 0.6 is 0 Å². The number of carbonyl (C=O) groups is 2. The van der Waals surface area contributed by atoms with Crippen molar-refractivity contribution < 1.29 is 14.3 Å². The molecule has 0 aromatic heterocycles. The maximum Gasteiger partial charge on any atom is 0.243 e. The third-order valence-electron chi connectivity index (χ3n) is 4.83. The van der Waals surface area contributed by atoms with Gasteiger partial charge in [-0.3, -0.25) is 9.59 Å². The van der Waals surface area contributed by atoms with Crippen LogP contribution < -0.4 is 10.6 Å². The molecule has 3 rings (SSSR count). The molecule has 1 saturated heterocycles. The SMILES string of the molecule is O=C(CCC1CCCCO1)NC(Cc1ccccc1)C(=O)NC1CC1. The standard InChI is InChI=1S/C20H28N2O3/c23-19(12-11-17-8-4-5-13-25-17)22-18(20(24)21-16-9-10-16)14-15-6-2-1-3-7-15/h1-3,6-7,16-18H,4-5,8-14H2,(H,21,24)(H,22,23). The first kappa shape index (κ1) is 17.9. The van der Waals surface area contributed by atoms with Crippen LogP contribution in [-0.2, 0) is 20.7 Å². The van der Waals surface area contributed by atoms with E-state index in [1.54, 1.807) is 0 Å². The molecule has 5 heteroatoms. The van der Waals surface area contributed by atoms with E-state index in [0.29, 0.717) is 18.9 Å². The van der Waals surface area contributed by atoms with Gasteiger partial charge in [-0.25, -0.2) is 0 Å². The van der Waals surface area contributed by atoms with Crippen molar-refractivity contribution in [2.45, 2.75) is 69.6 Å². The lowest BCUT2D eigenvalue weighted by Gasteiger charge is -2.23. The van der Waals surface area contributed by atoms with Crippen LogP contribution in [0.4, 0.5) is 0 Å². The third kappa shape index (κ3) is 6.16. The molecule has 2 atom stereocenters. The first-order valence-electron chi connectivity index (χ1n) is 9.46. The summed E-state index contributed by atoms with van der Waals surface area (Å²) in [5.41, 5.74) is 1.05. The molecule has 0 radical (unpaired) electrons. The van der Waals surface area contributed by atoms with Crippen LogP contribution in [-0.4, -0.2) is 36.6 Å². The molecule has 1 aliphatic heterocycles. The number of hydrogen-bond acceptors (Lipinski definition) is 3. The summed E-state index contributed by atoms with van der Waals surface area (Å²) in [6.07, 6.45) is 7.24. The number of benzene rings is 1. The molecule has 2 unspecified atom stereocenters. The van der Waals surface area contributed by atoms with Gasteiger partial charge in [0.05, 0.1) is 6.10 Å². The van der Waals surface area contributed by atoms with E-state index in [-0.39, 0.29) is 17.9 Å². The first-order valence-corrected chi connectivity index (χ1v) is 9.46. The van der Waals surface area contributed by atoms with Crippen molar-refractivity contribution in [1.82, 2.24) is 10.6 Å². The fourth-order valence-electron chi connectivity index (χ4n) is 3.18. The van der Waals surface area contributed by atoms with Crippen molar-refractivity contribution in [3.8, 4) is 0 Å². The zero-order valence-corrected chi connectivity index (χ0v) is 14.7. The Kier molecular flexibility index (Phi) is 6.45. The van der Waals surface area contributed by atoms with E-state index < -0.39 is 6.04 Å². The van der Waals surface area contributed by atoms with E-state index >= 15 is 0 Å². The summed E-state index contributed by atoms with van der Waals surface area (Å²) >= 11 is 0. The lowest BCUT2D eigenvalue weighted by atomic mass is 10.0. The fraction of sp³-hybridized carbons (Fsp3) is 0.600. The molecule has 25 heavy (non-hydrogen) atoms. The summed E-state index contributed by atoms with van der Waals surface area (Å²) in [5, 5.41) is 5.94. The molecular formula is C20H28N2O3. The summed E-state index contributed by atoms with van der Waals surface area (Å²) in [6, 6.07) is 9.60. The Labute approximate surface area is 149 Å². The molecule has 136 valence electrons. The van der Waals surface area contributed by atoms with Gasteiger partial charge < -0.3 is 15.4 Å². The molecule has 1 aromatic rings. The molecule has 2 aliphatic rings. The molecule has 2 fully saturated rings. The summed E-state index contributed by atoms with van der Waals surface area (Å²) in [6.45, 7) is 0.798. The van der Waals surface area contributed by atoms with Crippen molar-refractivity contribution >= 4 is 11.8 Å². The van der Waals surface area contributed by atoms with Gasteiger partial charge in [0.1, 0.15) is 6.04 Å². The second-order valence-corrected chi connectivity index (χ2v) is 7.12. The summed E-state index contributed by atoms with van der Waals surface area (Å²) in [4.78, 5) is 24.8. The molecule has 2 amide bonds. The van der Waals surface area contributed by atoms with Crippen LogP contribution in [0.2, 0.25) is 0 Å². The Hall–Kier alpha value is -1.88. The van der Waals surface area contributed by atoms with Gasteiger partial charge in [-0.05, 0) is 44.1 Å². The molecule has 5 nitrogen and oxygen atoms in total. The van der Waals surface area contributed by atoms with Crippen molar-refractivity contribution in [3.63, 3.8) is 0 Å². The predicted octanol–water partition coefficient (Wildman–Crippen LogP) is 2.34. The highest BCUT2D eigenvalue weighted by Gasteiger charge is 2.28. The third-order valence-corrected chi connectivity index (χ3v) is 4.83. The number of rotatable bonds is 8. The summed E-state index contributed by atoms with van der Waals surface area (Å²) < 4.78 is 5.68. The van der Waals surface area contributed by atoms with Crippen LogP contribution in [0.3, 0.4) is 0 Å². The topological polar surface area (TPSA) is 67.4 Å². The Morgan fingerprint density at radius 2 is 1.92 bits per heavy atom. The Morgan fingerprint density at radius 3 is 2.60 bits per heavy atom. The maximum atomic E-state index is 12.5. The minimum Gasteiger partial charge on any atom is -0.378 e. The number of nitrogens with one attached hydrogen (secondary N) is 2. The van der Waals surface area contributed by atoms with E-state index in [1.165, 1.54) is 6.42 Å². The zero-order chi connectivity index (χ0) is 17.5. The summed E-state index contributed by atoms with van der Waals surface area (Å²) in [5.74, 6) is -0.144. The van der Waals surface area contributed by atoms with Crippen molar-refractivity contribution in [1.29, 1.82) is 0 Å². The van der Waals surface area contributed by atoms with Crippen LogP contribution in [0.25, 0.3) is 0 Å². The number of ether oxygens (including phenoxy) is 1. The van der Waals surface area contributed by atoms with Gasteiger partial charge in [0.2, 0.25) is 11.8 Å². The van der Waals surface area contributed by atoms with Gasteiger partial charge in [0.25, 0.3) is 0 Å². The van der Waals surface area contributed by atoms with Crippen molar-refractivity contribution in [3.05, 3.63) is 35.9 Å². The lowest BCUT2D eigenvalue weighted by molar-refractivity contribution is -0.129. The largest absolute Gasteiger partial charge is 0.378 e. The molecule has 1 heterocycles. The Morgan fingerprint density at radius 1 is 1.12 bits per heavy atom. The zero-order valence-electron chi connectivity index (χ0n) is 14.7. The van der Waals surface area contributed by atoms with Gasteiger partial charge >= 0.3 is 0 Å². The lowest BCUT2D eigenvalue weighted by Crippen LogP contribution is -2.48. The van der Waals surface area contributed by atoms with Crippen molar-refractivity contribution in [2.24, 2.45) is 0 Å². The van der Waals surface area contributed by atoms with Gasteiger partial charge in [-0.15, -0.1) is 0 Å². The first-order chi connectivity index (χ1) is 12.2. The molecule has 1 saturated carbocycles. The summed E-state index contributed by atoms with van der Waals surface area (Å²) in [7, 11) is 0. The number of hydrogen-bond donors (Lipinski definition) is 2. The maximum absolute atomic E-state index is 12.5. The monoisotopic (exact) mass is 344 g/mol. The van der Waals surface area contributed by atoms with Crippen LogP contribution in [0.5, 0.6) is 0 Å². The van der Waals surface area contributed by atoms with E-state index in [0.717, 1.165) is 44.3 Å². The Bertz CT molecular complexity index is 566. The average Bonchev–Trinajstić information content (AvgIpc) is 3.45. The minimum atomic E-state index is -0.511. The van der Waals surface area contributed by atoms with Crippen LogP contribution in [0, 0.1) is 0 Å². The molecule has 0 spiro atoms. The molecule has 1 aromatic carbocycles. The minimum absolute atomic E-state index is 0.0685. The molecule has 2 N–H and O–H groups in total. The van der Waals surface area contributed by atoms with E-state index in [1.807, 2.05) is 30.3 Å². The highest BCUT2D eigenvalue weighted by atomic mass is 16.5. The van der Waals surface area contributed by atoms with Gasteiger partial charge in [0.15, 0.2) is 0 Å². The highest BCUT2D eigenvalue weighted by Crippen LogP contribution is 2.19. The van der Waals surface area contributed by atoms with E-state index in [2.05, 4.69) is 10.6 Å². The van der Waals surface area contributed by atoms with Gasteiger partial charge in [-0.2, -0.15) is 0 Å². The van der Waals surface area contributed by atoms with Crippen LogP contribution in [0.15, 0.2) is 30.3 Å².